The Morgan fingerprint density at radius 2 is 2.40 bits per heavy atom. The first kappa shape index (κ1) is 9.83. The summed E-state index contributed by atoms with van der Waals surface area (Å²) in [4.78, 5) is 11.0. The highest BCUT2D eigenvalue weighted by molar-refractivity contribution is 5.84. The minimum absolute atomic E-state index is 0.452. The standard InChI is InChI=1S/C11H13NO3/c1-14-11(13)12-9-4-5-10-8(7-9)3-2-6-15-10/h4-5,7H,2-3,6H2,1H3,(H,12,13). The molecule has 1 heterocycles. The van der Waals surface area contributed by atoms with E-state index in [9.17, 15) is 4.79 Å². The van der Waals surface area contributed by atoms with Gasteiger partial charge in [0.15, 0.2) is 0 Å². The fraction of sp³-hybridized carbons (Fsp3) is 0.364. The number of benzene rings is 1. The summed E-state index contributed by atoms with van der Waals surface area (Å²) in [5.74, 6) is 0.914. The molecule has 1 N–H and O–H groups in total. The summed E-state index contributed by atoms with van der Waals surface area (Å²) < 4.78 is 9.98. The molecule has 0 saturated carbocycles. The molecule has 0 aliphatic carbocycles. The van der Waals surface area contributed by atoms with Crippen molar-refractivity contribution in [3.8, 4) is 5.75 Å². The van der Waals surface area contributed by atoms with Gasteiger partial charge in [0.2, 0.25) is 0 Å². The summed E-state index contributed by atoms with van der Waals surface area (Å²) in [6.07, 6.45) is 1.56. The van der Waals surface area contributed by atoms with Crippen molar-refractivity contribution in [3.05, 3.63) is 23.8 Å². The summed E-state index contributed by atoms with van der Waals surface area (Å²) in [6.45, 7) is 0.775. The molecule has 1 aliphatic heterocycles. The van der Waals surface area contributed by atoms with Crippen molar-refractivity contribution in [2.45, 2.75) is 12.8 Å². The maximum atomic E-state index is 11.0. The lowest BCUT2D eigenvalue weighted by atomic mass is 10.1. The first-order valence-electron chi connectivity index (χ1n) is 4.90. The lowest BCUT2D eigenvalue weighted by Gasteiger charge is -2.17. The Morgan fingerprint density at radius 3 is 3.20 bits per heavy atom. The van der Waals surface area contributed by atoms with Gasteiger partial charge in [-0.15, -0.1) is 0 Å². The number of methoxy groups -OCH3 is 1. The summed E-state index contributed by atoms with van der Waals surface area (Å²) in [7, 11) is 1.34. The molecule has 0 bridgehead atoms. The molecule has 2 rings (SSSR count). The van der Waals surface area contributed by atoms with Gasteiger partial charge in [-0.25, -0.2) is 4.79 Å². The third-order valence-electron chi connectivity index (χ3n) is 2.34. The van der Waals surface area contributed by atoms with Crippen molar-refractivity contribution in [2.24, 2.45) is 0 Å². The number of carbonyl (C=O) groups excluding carboxylic acids is 1. The van der Waals surface area contributed by atoms with Crippen molar-refractivity contribution in [1.82, 2.24) is 0 Å². The molecule has 0 unspecified atom stereocenters. The van der Waals surface area contributed by atoms with Gasteiger partial charge in [0.05, 0.1) is 13.7 Å². The van der Waals surface area contributed by atoms with Crippen LogP contribution < -0.4 is 10.1 Å². The average Bonchev–Trinajstić information content (AvgIpc) is 2.29. The predicted molar refractivity (Wildman–Crippen MR) is 56.3 cm³/mol. The molecule has 0 spiro atoms. The Bertz CT molecular complexity index is 376. The van der Waals surface area contributed by atoms with E-state index in [0.717, 1.165) is 36.4 Å². The van der Waals surface area contributed by atoms with Crippen molar-refractivity contribution in [2.75, 3.05) is 19.0 Å². The van der Waals surface area contributed by atoms with Crippen molar-refractivity contribution < 1.29 is 14.3 Å². The second-order valence-corrected chi connectivity index (χ2v) is 3.39. The Labute approximate surface area is 88.2 Å². The van der Waals surface area contributed by atoms with Crippen LogP contribution in [0.5, 0.6) is 5.75 Å². The minimum Gasteiger partial charge on any atom is -0.493 e. The van der Waals surface area contributed by atoms with Crippen molar-refractivity contribution in [3.63, 3.8) is 0 Å². The predicted octanol–water partition coefficient (Wildman–Crippen LogP) is 2.19. The van der Waals surface area contributed by atoms with E-state index in [1.807, 2.05) is 12.1 Å². The highest BCUT2D eigenvalue weighted by Gasteiger charge is 2.11. The first-order valence-corrected chi connectivity index (χ1v) is 4.90. The zero-order valence-electron chi connectivity index (χ0n) is 8.58. The number of carbonyl (C=O) groups is 1. The number of rotatable bonds is 1. The number of anilines is 1. The zero-order chi connectivity index (χ0) is 10.7. The second-order valence-electron chi connectivity index (χ2n) is 3.39. The maximum Gasteiger partial charge on any atom is 0.411 e. The highest BCUT2D eigenvalue weighted by atomic mass is 16.5. The van der Waals surface area contributed by atoms with Gasteiger partial charge < -0.3 is 9.47 Å². The van der Waals surface area contributed by atoms with Gasteiger partial charge >= 0.3 is 6.09 Å². The van der Waals surface area contributed by atoms with Gasteiger partial charge in [-0.05, 0) is 36.6 Å². The van der Waals surface area contributed by atoms with Crippen LogP contribution in [0.25, 0.3) is 0 Å². The lowest BCUT2D eigenvalue weighted by Crippen LogP contribution is -2.12. The molecule has 4 heteroatoms. The molecule has 0 aromatic heterocycles. The molecule has 15 heavy (non-hydrogen) atoms. The lowest BCUT2D eigenvalue weighted by molar-refractivity contribution is 0.187. The number of amides is 1. The van der Waals surface area contributed by atoms with Gasteiger partial charge in [-0.1, -0.05) is 0 Å². The summed E-state index contributed by atoms with van der Waals surface area (Å²) in [6, 6.07) is 5.60. The molecule has 1 aromatic carbocycles. The van der Waals surface area contributed by atoms with Crippen LogP contribution in [0.1, 0.15) is 12.0 Å². The van der Waals surface area contributed by atoms with E-state index in [1.54, 1.807) is 6.07 Å². The van der Waals surface area contributed by atoms with E-state index in [4.69, 9.17) is 4.74 Å². The molecular formula is C11H13NO3. The largest absolute Gasteiger partial charge is 0.493 e. The molecule has 4 nitrogen and oxygen atoms in total. The Hall–Kier alpha value is -1.71. The smallest absolute Gasteiger partial charge is 0.411 e. The van der Waals surface area contributed by atoms with E-state index < -0.39 is 6.09 Å². The number of nitrogens with one attached hydrogen (secondary N) is 1. The minimum atomic E-state index is -0.452. The van der Waals surface area contributed by atoms with Gasteiger partial charge in [-0.3, -0.25) is 5.32 Å². The monoisotopic (exact) mass is 207 g/mol. The molecule has 80 valence electrons. The average molecular weight is 207 g/mol. The molecule has 1 aromatic rings. The van der Waals surface area contributed by atoms with E-state index in [-0.39, 0.29) is 0 Å². The highest BCUT2D eigenvalue weighted by Crippen LogP contribution is 2.27. The Kier molecular flexibility index (Phi) is 2.76. The van der Waals surface area contributed by atoms with Gasteiger partial charge in [-0.2, -0.15) is 0 Å². The van der Waals surface area contributed by atoms with Crippen LogP contribution in [0, 0.1) is 0 Å². The quantitative estimate of drug-likeness (QED) is 0.767. The number of hydrogen-bond donors (Lipinski definition) is 1. The van der Waals surface area contributed by atoms with Crippen molar-refractivity contribution in [1.29, 1.82) is 0 Å². The number of ether oxygens (including phenoxy) is 2. The third kappa shape index (κ3) is 2.21. The molecular weight excluding hydrogens is 194 g/mol. The fourth-order valence-electron chi connectivity index (χ4n) is 1.61. The summed E-state index contributed by atoms with van der Waals surface area (Å²) in [5.41, 5.74) is 1.88. The topological polar surface area (TPSA) is 47.6 Å². The molecule has 1 aliphatic rings. The van der Waals surface area contributed by atoms with Gasteiger partial charge in [0, 0.05) is 5.69 Å². The molecule has 0 fully saturated rings. The van der Waals surface area contributed by atoms with Crippen LogP contribution in [0.3, 0.4) is 0 Å². The SMILES string of the molecule is COC(=O)Nc1ccc2c(c1)CCCO2. The second kappa shape index (κ2) is 4.21. The van der Waals surface area contributed by atoms with Crippen LogP contribution >= 0.6 is 0 Å². The third-order valence-corrected chi connectivity index (χ3v) is 2.34. The van der Waals surface area contributed by atoms with Gasteiger partial charge in [0.1, 0.15) is 5.75 Å². The number of fused-ring (bicyclic) bond motifs is 1. The van der Waals surface area contributed by atoms with E-state index >= 15 is 0 Å². The molecule has 0 atom stereocenters. The van der Waals surface area contributed by atoms with Crippen LogP contribution in [-0.2, 0) is 11.2 Å². The fourth-order valence-corrected chi connectivity index (χ4v) is 1.61. The van der Waals surface area contributed by atoms with Crippen LogP contribution in [-0.4, -0.2) is 19.8 Å². The van der Waals surface area contributed by atoms with Crippen LogP contribution in [0.4, 0.5) is 10.5 Å². The number of hydrogen-bond acceptors (Lipinski definition) is 3. The van der Waals surface area contributed by atoms with Gasteiger partial charge in [0.25, 0.3) is 0 Å². The summed E-state index contributed by atoms with van der Waals surface area (Å²) in [5, 5.41) is 2.62. The Balaban J connectivity index is 2.17. The maximum absolute atomic E-state index is 11.0. The van der Waals surface area contributed by atoms with E-state index in [1.165, 1.54) is 7.11 Å². The van der Waals surface area contributed by atoms with Crippen LogP contribution in [0.15, 0.2) is 18.2 Å². The molecule has 1 amide bonds. The molecule has 0 saturated heterocycles. The van der Waals surface area contributed by atoms with Crippen LogP contribution in [0.2, 0.25) is 0 Å². The number of aryl methyl sites for hydroxylation is 1. The first-order chi connectivity index (χ1) is 7.29. The van der Waals surface area contributed by atoms with Crippen molar-refractivity contribution >= 4 is 11.8 Å². The Morgan fingerprint density at radius 1 is 1.53 bits per heavy atom. The normalized spacial score (nSPS) is 13.7. The van der Waals surface area contributed by atoms with E-state index in [2.05, 4.69) is 10.1 Å². The van der Waals surface area contributed by atoms with E-state index in [0.29, 0.717) is 0 Å². The zero-order valence-corrected chi connectivity index (χ0v) is 8.58. The molecule has 0 radical (unpaired) electrons. The summed E-state index contributed by atoms with van der Waals surface area (Å²) >= 11 is 0.